The van der Waals surface area contributed by atoms with Gasteiger partial charge in [-0.1, -0.05) is 66.6 Å². The van der Waals surface area contributed by atoms with Gasteiger partial charge in [0.2, 0.25) is 11.8 Å². The topological polar surface area (TPSA) is 88.7 Å². The number of thiophene rings is 1. The van der Waals surface area contributed by atoms with Gasteiger partial charge < -0.3 is 24.8 Å². The molecule has 0 radical (unpaired) electrons. The summed E-state index contributed by atoms with van der Waals surface area (Å²) in [7, 11) is 6.27. The standard InChI is InChI=1S/C42H57ClN6O4S/c1-45(2)23-10-9-16-36(46(3)33-18-20-42(21-19-33)22-24-47(31-42)29-32-12-5-4-6-13-32)40(51)49-26-25-48(41(52)53-38-17-8-7-15-35(38)43)30-37(49)39(50)44-28-34-14-11-27-54-34/h4-8,11-15,17,27,33,36-37H,9-10,16,18-26,28-31H2,1-3H3,(H,44,50)/t33?,36-,37+,42?/m1/s1. The molecule has 3 heterocycles. The van der Waals surface area contributed by atoms with E-state index < -0.39 is 12.1 Å². The van der Waals surface area contributed by atoms with Crippen LogP contribution in [0.3, 0.4) is 0 Å². The monoisotopic (exact) mass is 776 g/mol. The number of benzene rings is 2. The predicted octanol–water partition coefficient (Wildman–Crippen LogP) is 6.60. The fourth-order valence-electron chi connectivity index (χ4n) is 8.58. The number of piperazine rings is 1. The highest BCUT2D eigenvalue weighted by Gasteiger charge is 2.45. The number of unbranched alkanes of at least 4 members (excludes halogenated alkanes) is 1. The van der Waals surface area contributed by atoms with Crippen molar-refractivity contribution in [3.05, 3.63) is 87.6 Å². The number of nitrogens with zero attached hydrogens (tertiary/aromatic N) is 5. The van der Waals surface area contributed by atoms with E-state index in [0.29, 0.717) is 29.4 Å². The lowest BCUT2D eigenvalue weighted by atomic mass is 9.71. The van der Waals surface area contributed by atoms with E-state index in [2.05, 4.69) is 71.5 Å². The van der Waals surface area contributed by atoms with E-state index in [0.717, 1.165) is 69.6 Å². The third-order valence-electron chi connectivity index (χ3n) is 11.7. The Hall–Kier alpha value is -3.48. The Bertz CT molecular complexity index is 1670. The summed E-state index contributed by atoms with van der Waals surface area (Å²) in [6.45, 7) is 5.12. The molecule has 1 N–H and O–H groups in total. The van der Waals surface area contributed by atoms with Crippen molar-refractivity contribution in [3.8, 4) is 5.75 Å². The van der Waals surface area contributed by atoms with Crippen LogP contribution in [-0.2, 0) is 22.7 Å². The van der Waals surface area contributed by atoms with Crippen LogP contribution < -0.4 is 10.1 Å². The third-order valence-corrected chi connectivity index (χ3v) is 12.9. The summed E-state index contributed by atoms with van der Waals surface area (Å²) in [5.41, 5.74) is 1.72. The van der Waals surface area contributed by atoms with Gasteiger partial charge in [0.25, 0.3) is 0 Å². The number of likely N-dealkylation sites (N-methyl/N-ethyl adjacent to an activating group) is 1. The summed E-state index contributed by atoms with van der Waals surface area (Å²) in [5.74, 6) is -0.0496. The predicted molar refractivity (Wildman–Crippen MR) is 216 cm³/mol. The van der Waals surface area contributed by atoms with Gasteiger partial charge in [0, 0.05) is 37.1 Å². The van der Waals surface area contributed by atoms with Gasteiger partial charge in [0.05, 0.1) is 24.2 Å². The van der Waals surface area contributed by atoms with Gasteiger partial charge in [-0.05, 0) is 114 Å². The lowest BCUT2D eigenvalue weighted by molar-refractivity contribution is -0.148. The molecule has 3 fully saturated rings. The van der Waals surface area contributed by atoms with Gasteiger partial charge in [-0.2, -0.15) is 0 Å². The first kappa shape index (κ1) is 40.2. The normalized spacial score (nSPS) is 22.6. The van der Waals surface area contributed by atoms with Crippen LogP contribution >= 0.6 is 22.9 Å². The van der Waals surface area contributed by atoms with Crippen molar-refractivity contribution < 1.29 is 19.1 Å². The number of ether oxygens (including phenoxy) is 1. The van der Waals surface area contributed by atoms with Crippen LogP contribution in [0.5, 0.6) is 5.75 Å². The van der Waals surface area contributed by atoms with Crippen LogP contribution in [-0.4, -0.2) is 121 Å². The minimum absolute atomic E-state index is 0.0343. The molecule has 1 aromatic heterocycles. The van der Waals surface area contributed by atoms with Crippen molar-refractivity contribution in [3.63, 3.8) is 0 Å². The van der Waals surface area contributed by atoms with Crippen LogP contribution in [0.2, 0.25) is 5.02 Å². The second-order valence-electron chi connectivity index (χ2n) is 15.7. The zero-order chi connectivity index (χ0) is 38.1. The Balaban J connectivity index is 1.15. The number of halogens is 1. The highest BCUT2D eigenvalue weighted by Crippen LogP contribution is 2.45. The van der Waals surface area contributed by atoms with Crippen LogP contribution in [0.1, 0.15) is 61.8 Å². The molecule has 10 nitrogen and oxygen atoms in total. The second kappa shape index (κ2) is 18.9. The summed E-state index contributed by atoms with van der Waals surface area (Å²) in [6, 6.07) is 20.6. The fourth-order valence-corrected chi connectivity index (χ4v) is 9.39. The quantitative estimate of drug-likeness (QED) is 0.185. The molecule has 1 saturated carbocycles. The van der Waals surface area contributed by atoms with Gasteiger partial charge in [-0.15, -0.1) is 11.3 Å². The Labute approximate surface area is 330 Å². The smallest absolute Gasteiger partial charge is 0.409 e. The summed E-state index contributed by atoms with van der Waals surface area (Å²) >= 11 is 7.86. The summed E-state index contributed by atoms with van der Waals surface area (Å²) in [6.07, 6.45) is 7.69. The average Bonchev–Trinajstić information content (AvgIpc) is 3.85. The van der Waals surface area contributed by atoms with Crippen molar-refractivity contribution in [2.24, 2.45) is 5.41 Å². The molecule has 6 rings (SSSR count). The third kappa shape index (κ3) is 10.4. The molecule has 1 spiro atoms. The number of para-hydroxylation sites is 1. The van der Waals surface area contributed by atoms with Crippen LogP contribution in [0.25, 0.3) is 0 Å². The van der Waals surface area contributed by atoms with Gasteiger partial charge >= 0.3 is 6.09 Å². The molecule has 3 aromatic rings. The van der Waals surface area contributed by atoms with E-state index >= 15 is 0 Å². The number of likely N-dealkylation sites (tertiary alicyclic amines) is 1. The van der Waals surface area contributed by atoms with Gasteiger partial charge in [0.15, 0.2) is 5.75 Å². The van der Waals surface area contributed by atoms with E-state index in [1.165, 1.54) is 16.9 Å². The van der Waals surface area contributed by atoms with Crippen molar-refractivity contribution >= 4 is 40.8 Å². The second-order valence-corrected chi connectivity index (χ2v) is 17.2. The summed E-state index contributed by atoms with van der Waals surface area (Å²) < 4.78 is 5.66. The average molecular weight is 777 g/mol. The SMILES string of the molecule is CN(C)CCCC[C@H](C(=O)N1CCN(C(=O)Oc2ccccc2Cl)C[C@H]1C(=O)NCc1cccs1)N(C)C1CCC2(CC1)CCN(Cc1ccccc1)C2. The van der Waals surface area contributed by atoms with Gasteiger partial charge in [0.1, 0.15) is 6.04 Å². The lowest BCUT2D eigenvalue weighted by Crippen LogP contribution is -2.64. The number of hydrogen-bond acceptors (Lipinski definition) is 8. The number of hydrogen-bond donors (Lipinski definition) is 1. The van der Waals surface area contributed by atoms with E-state index in [4.69, 9.17) is 16.3 Å². The molecule has 292 valence electrons. The molecule has 2 atom stereocenters. The Morgan fingerprint density at radius 2 is 1.70 bits per heavy atom. The minimum atomic E-state index is -0.855. The first-order valence-corrected chi connectivity index (χ1v) is 20.8. The lowest BCUT2D eigenvalue weighted by Gasteiger charge is -2.46. The first-order valence-electron chi connectivity index (χ1n) is 19.6. The van der Waals surface area contributed by atoms with E-state index in [9.17, 15) is 14.4 Å². The van der Waals surface area contributed by atoms with Crippen molar-refractivity contribution in [1.29, 1.82) is 0 Å². The van der Waals surface area contributed by atoms with Crippen LogP contribution in [0.15, 0.2) is 72.1 Å². The molecular weight excluding hydrogens is 720 g/mol. The molecule has 2 aliphatic heterocycles. The van der Waals surface area contributed by atoms with E-state index in [1.807, 2.05) is 17.5 Å². The number of nitrogens with one attached hydrogen (secondary N) is 1. The van der Waals surface area contributed by atoms with Crippen LogP contribution in [0, 0.1) is 5.41 Å². The maximum absolute atomic E-state index is 14.9. The Morgan fingerprint density at radius 3 is 2.43 bits per heavy atom. The summed E-state index contributed by atoms with van der Waals surface area (Å²) in [4.78, 5) is 53.7. The molecule has 54 heavy (non-hydrogen) atoms. The van der Waals surface area contributed by atoms with E-state index in [1.54, 1.807) is 40.5 Å². The van der Waals surface area contributed by atoms with Crippen molar-refractivity contribution in [1.82, 2.24) is 29.8 Å². The Kier molecular flexibility index (Phi) is 14.1. The molecule has 2 saturated heterocycles. The molecule has 0 unspecified atom stereocenters. The molecule has 1 aliphatic carbocycles. The largest absolute Gasteiger partial charge is 0.415 e. The molecule has 3 amide bonds. The zero-order valence-corrected chi connectivity index (χ0v) is 33.7. The number of amides is 3. The van der Waals surface area contributed by atoms with Gasteiger partial charge in [-0.25, -0.2) is 4.79 Å². The fraction of sp³-hybridized carbons (Fsp3) is 0.548. The van der Waals surface area contributed by atoms with Crippen LogP contribution in [0.4, 0.5) is 4.79 Å². The Morgan fingerprint density at radius 1 is 0.944 bits per heavy atom. The molecule has 2 aromatic carbocycles. The molecule has 12 heteroatoms. The highest BCUT2D eigenvalue weighted by atomic mass is 35.5. The highest BCUT2D eigenvalue weighted by molar-refractivity contribution is 7.09. The van der Waals surface area contributed by atoms with Gasteiger partial charge in [-0.3, -0.25) is 19.4 Å². The summed E-state index contributed by atoms with van der Waals surface area (Å²) in [5, 5.41) is 5.36. The molecular formula is C42H57ClN6O4S. The maximum Gasteiger partial charge on any atom is 0.415 e. The number of carbonyl (C=O) groups excluding carboxylic acids is 3. The van der Waals surface area contributed by atoms with Crippen molar-refractivity contribution in [2.45, 2.75) is 82.6 Å². The van der Waals surface area contributed by atoms with Crippen molar-refractivity contribution in [2.75, 3.05) is 60.4 Å². The molecule has 0 bridgehead atoms. The van der Waals surface area contributed by atoms with E-state index in [-0.39, 0.29) is 43.2 Å². The zero-order valence-electron chi connectivity index (χ0n) is 32.1. The number of rotatable bonds is 14. The maximum atomic E-state index is 14.9. The number of carbonyl (C=O) groups is 3. The minimum Gasteiger partial charge on any atom is -0.409 e. The first-order chi connectivity index (χ1) is 26.1. The molecule has 3 aliphatic rings.